The Kier molecular flexibility index (Phi) is 38.4. The topological polar surface area (TPSA) is 169 Å². The maximum Gasteiger partial charge on any atom is 0.472 e. The zero-order chi connectivity index (χ0) is 42.8. The highest BCUT2D eigenvalue weighted by molar-refractivity contribution is 7.47. The standard InChI is InChI=1S/C46H75O11P/c1-3-5-7-9-11-12-13-14-15-16-17-22-25-29-33-37-46(51)57-44(41-56-58(52,53)55-39-43(49)38-47)40-54-45(50)36-32-28-24-21-19-18-20-23-27-31-35-42(48)34-30-26-10-8-6-4-2/h6,8,11-12,14-15,18-19,23-24,26-28,30-31,35,42-44,47-49H,3-5,7,9-10,13,16-17,20-22,25,29,32-34,36-41H2,1-2H3,(H,52,53)/b8-6-,12-11-,15-14-,19-18-,27-23-,28-24-,30-26-,35-31+/t42?,43-,44+/m0/s1. The first kappa shape index (κ1) is 54.9. The number of hydrogen-bond donors (Lipinski definition) is 4. The van der Waals surface area contributed by atoms with Crippen molar-refractivity contribution in [1.29, 1.82) is 0 Å². The minimum atomic E-state index is -4.66. The number of rotatable bonds is 38. The number of allylic oxidation sites excluding steroid dienone is 14. The second kappa shape index (κ2) is 40.6. The van der Waals surface area contributed by atoms with Gasteiger partial charge < -0.3 is 29.7 Å². The number of carbonyl (C=O) groups excluding carboxylic acids is 2. The minimum Gasteiger partial charge on any atom is -0.462 e. The van der Waals surface area contributed by atoms with Gasteiger partial charge in [-0.05, 0) is 77.0 Å². The minimum absolute atomic E-state index is 0.0843. The molecule has 0 aromatic rings. The smallest absolute Gasteiger partial charge is 0.462 e. The molecule has 330 valence electrons. The maximum atomic E-state index is 12.6. The molecule has 0 saturated heterocycles. The molecule has 0 amide bonds. The van der Waals surface area contributed by atoms with E-state index in [0.29, 0.717) is 25.7 Å². The lowest BCUT2D eigenvalue weighted by Crippen LogP contribution is -2.29. The summed E-state index contributed by atoms with van der Waals surface area (Å²) in [6, 6.07) is 0. The Balaban J connectivity index is 4.53. The van der Waals surface area contributed by atoms with E-state index in [9.17, 15) is 29.3 Å². The summed E-state index contributed by atoms with van der Waals surface area (Å²) in [5.74, 6) is -1.08. The van der Waals surface area contributed by atoms with Gasteiger partial charge in [0.25, 0.3) is 0 Å². The Morgan fingerprint density at radius 2 is 1.17 bits per heavy atom. The lowest BCUT2D eigenvalue weighted by atomic mass is 10.1. The summed E-state index contributed by atoms with van der Waals surface area (Å²) in [5.41, 5.74) is 0. The molecule has 0 bridgehead atoms. The quantitative estimate of drug-likeness (QED) is 0.0154. The van der Waals surface area contributed by atoms with Crippen molar-refractivity contribution in [2.24, 2.45) is 0 Å². The molecule has 0 rings (SSSR count). The Morgan fingerprint density at radius 1 is 0.603 bits per heavy atom. The van der Waals surface area contributed by atoms with Gasteiger partial charge in [-0.25, -0.2) is 4.57 Å². The number of aliphatic hydroxyl groups is 3. The molecule has 0 spiro atoms. The molecule has 2 unspecified atom stereocenters. The van der Waals surface area contributed by atoms with Gasteiger partial charge in [0.1, 0.15) is 12.7 Å². The normalized spacial score (nSPS) is 15.3. The van der Waals surface area contributed by atoms with Crippen molar-refractivity contribution in [1.82, 2.24) is 0 Å². The van der Waals surface area contributed by atoms with Crippen molar-refractivity contribution in [2.75, 3.05) is 26.4 Å². The number of unbranched alkanes of at least 4 members (excludes halogenated alkanes) is 8. The maximum absolute atomic E-state index is 12.6. The monoisotopic (exact) mass is 835 g/mol. The van der Waals surface area contributed by atoms with Crippen LogP contribution in [0.3, 0.4) is 0 Å². The van der Waals surface area contributed by atoms with Crippen molar-refractivity contribution in [3.8, 4) is 0 Å². The lowest BCUT2D eigenvalue weighted by Gasteiger charge is -2.20. The predicted molar refractivity (Wildman–Crippen MR) is 234 cm³/mol. The van der Waals surface area contributed by atoms with Gasteiger partial charge in [-0.2, -0.15) is 0 Å². The van der Waals surface area contributed by atoms with Gasteiger partial charge in [-0.15, -0.1) is 0 Å². The average molecular weight is 835 g/mol. The summed E-state index contributed by atoms with van der Waals surface area (Å²) in [7, 11) is -4.66. The number of ether oxygens (including phenoxy) is 2. The van der Waals surface area contributed by atoms with Crippen molar-refractivity contribution < 1.29 is 52.9 Å². The molecule has 0 heterocycles. The average Bonchev–Trinajstić information content (AvgIpc) is 3.21. The van der Waals surface area contributed by atoms with Crippen LogP contribution in [0, 0.1) is 0 Å². The van der Waals surface area contributed by atoms with Crippen molar-refractivity contribution in [3.63, 3.8) is 0 Å². The fraction of sp³-hybridized carbons (Fsp3) is 0.609. The van der Waals surface area contributed by atoms with Crippen LogP contribution in [0.5, 0.6) is 0 Å². The largest absolute Gasteiger partial charge is 0.472 e. The summed E-state index contributed by atoms with van der Waals surface area (Å²) in [5, 5.41) is 28.3. The molecule has 0 saturated carbocycles. The van der Waals surface area contributed by atoms with Gasteiger partial charge >= 0.3 is 19.8 Å². The number of phosphoric acid groups is 1. The van der Waals surface area contributed by atoms with Gasteiger partial charge in [0.05, 0.1) is 25.9 Å². The highest BCUT2D eigenvalue weighted by Crippen LogP contribution is 2.43. The van der Waals surface area contributed by atoms with Crippen LogP contribution in [0.15, 0.2) is 97.2 Å². The highest BCUT2D eigenvalue weighted by Gasteiger charge is 2.27. The summed E-state index contributed by atoms with van der Waals surface area (Å²) >= 11 is 0. The van der Waals surface area contributed by atoms with Gasteiger partial charge in [-0.3, -0.25) is 18.6 Å². The number of hydrogen-bond acceptors (Lipinski definition) is 10. The first-order valence-electron chi connectivity index (χ1n) is 21.3. The molecule has 0 aromatic carbocycles. The molecule has 0 aliphatic rings. The Morgan fingerprint density at radius 3 is 1.84 bits per heavy atom. The van der Waals surface area contributed by atoms with E-state index in [2.05, 4.69) is 54.8 Å². The fourth-order valence-electron chi connectivity index (χ4n) is 5.01. The lowest BCUT2D eigenvalue weighted by molar-refractivity contribution is -0.161. The van der Waals surface area contributed by atoms with E-state index in [1.165, 1.54) is 19.3 Å². The third-order valence-electron chi connectivity index (χ3n) is 8.32. The fourth-order valence-corrected chi connectivity index (χ4v) is 5.80. The number of aliphatic hydroxyl groups excluding tert-OH is 3. The van der Waals surface area contributed by atoms with E-state index in [0.717, 1.165) is 64.2 Å². The number of phosphoric ester groups is 1. The van der Waals surface area contributed by atoms with Crippen molar-refractivity contribution in [2.45, 2.75) is 154 Å². The molecule has 11 nitrogen and oxygen atoms in total. The van der Waals surface area contributed by atoms with E-state index < -0.39 is 57.9 Å². The molecule has 0 aliphatic carbocycles. The molecule has 0 aromatic heterocycles. The molecule has 4 N–H and O–H groups in total. The van der Waals surface area contributed by atoms with Crippen LogP contribution in [0.25, 0.3) is 0 Å². The van der Waals surface area contributed by atoms with Crippen LogP contribution in [0.2, 0.25) is 0 Å². The summed E-state index contributed by atoms with van der Waals surface area (Å²) in [4.78, 5) is 34.9. The van der Waals surface area contributed by atoms with E-state index in [1.54, 1.807) is 6.08 Å². The van der Waals surface area contributed by atoms with Crippen LogP contribution in [-0.2, 0) is 32.7 Å². The SMILES string of the molecule is CC/C=C\C/C=C\CC(O)/C=C/C=C\C/C=C\C/C=C\CCC(=O)OC[C@H](COP(=O)(O)OC[C@@H](O)CO)OC(=O)CCCCCCC/C=C\C/C=C\CCCCC. The van der Waals surface area contributed by atoms with Crippen LogP contribution < -0.4 is 0 Å². The first-order chi connectivity index (χ1) is 28.1. The summed E-state index contributed by atoms with van der Waals surface area (Å²) < 4.78 is 32.6. The molecule has 0 fully saturated rings. The van der Waals surface area contributed by atoms with Crippen LogP contribution in [0.1, 0.15) is 136 Å². The zero-order valence-electron chi connectivity index (χ0n) is 35.3. The molecular weight excluding hydrogens is 759 g/mol. The highest BCUT2D eigenvalue weighted by atomic mass is 31.2. The zero-order valence-corrected chi connectivity index (χ0v) is 36.2. The second-order valence-corrected chi connectivity index (χ2v) is 15.3. The summed E-state index contributed by atoms with van der Waals surface area (Å²) in [6.07, 6.45) is 45.5. The third-order valence-corrected chi connectivity index (χ3v) is 9.27. The molecule has 12 heteroatoms. The van der Waals surface area contributed by atoms with E-state index in [4.69, 9.17) is 19.1 Å². The number of carbonyl (C=O) groups is 2. The van der Waals surface area contributed by atoms with E-state index in [-0.39, 0.29) is 19.4 Å². The Hall–Kier alpha value is -3.15. The van der Waals surface area contributed by atoms with Crippen molar-refractivity contribution in [3.05, 3.63) is 97.2 Å². The number of esters is 2. The summed E-state index contributed by atoms with van der Waals surface area (Å²) in [6.45, 7) is 2.03. The third kappa shape index (κ3) is 39.7. The molecule has 0 aliphatic heterocycles. The molecule has 0 radical (unpaired) electrons. The predicted octanol–water partition coefficient (Wildman–Crippen LogP) is 10.2. The van der Waals surface area contributed by atoms with Crippen LogP contribution in [0.4, 0.5) is 0 Å². The van der Waals surface area contributed by atoms with Crippen molar-refractivity contribution >= 4 is 19.8 Å². The van der Waals surface area contributed by atoms with Gasteiger partial charge in [0, 0.05) is 12.8 Å². The van der Waals surface area contributed by atoms with Crippen LogP contribution in [-0.4, -0.2) is 76.9 Å². The molecule has 4 atom stereocenters. The van der Waals surface area contributed by atoms with E-state index >= 15 is 0 Å². The van der Waals surface area contributed by atoms with Gasteiger partial charge in [0.15, 0.2) is 6.10 Å². The first-order valence-corrected chi connectivity index (χ1v) is 22.8. The molecule has 58 heavy (non-hydrogen) atoms. The second-order valence-electron chi connectivity index (χ2n) is 13.8. The van der Waals surface area contributed by atoms with E-state index in [1.807, 2.05) is 54.7 Å². The van der Waals surface area contributed by atoms with Gasteiger partial charge in [0.2, 0.25) is 0 Å². The Bertz CT molecular complexity index is 1300. The van der Waals surface area contributed by atoms with Crippen LogP contribution >= 0.6 is 7.82 Å². The van der Waals surface area contributed by atoms with Gasteiger partial charge in [-0.1, -0.05) is 143 Å². The molecular formula is C46H75O11P. The Labute approximate surface area is 349 Å².